The Labute approximate surface area is 191 Å². The van der Waals surface area contributed by atoms with Crippen LogP contribution in [-0.2, 0) is 9.59 Å². The minimum absolute atomic E-state index is 0.0763. The Bertz CT molecular complexity index is 909. The standard InChI is InChI=1S/C22H29N5O4S/c1-4-31-17-7-5-15(6-8-17)19(28)24-18(14(2)3)21(30)27-11-9-16(10-12-27)20(29)25-22-26-23-13-32-22/h5-8,13-14,16,18H,4,9-12H2,1-3H3,(H,24,28)(H,25,26,29). The molecule has 0 radical (unpaired) electrons. The van der Waals surface area contributed by atoms with Crippen LogP contribution in [0.25, 0.3) is 0 Å². The van der Waals surface area contributed by atoms with Gasteiger partial charge in [-0.05, 0) is 49.9 Å². The molecule has 1 fully saturated rings. The van der Waals surface area contributed by atoms with Gasteiger partial charge in [0.1, 0.15) is 17.3 Å². The number of anilines is 1. The van der Waals surface area contributed by atoms with Crippen LogP contribution in [0.5, 0.6) is 5.75 Å². The minimum Gasteiger partial charge on any atom is -0.494 e. The van der Waals surface area contributed by atoms with E-state index in [1.54, 1.807) is 34.7 Å². The zero-order valence-electron chi connectivity index (χ0n) is 18.5. The van der Waals surface area contributed by atoms with E-state index in [0.29, 0.717) is 49.0 Å². The Morgan fingerprint density at radius 3 is 2.44 bits per heavy atom. The van der Waals surface area contributed by atoms with Crippen molar-refractivity contribution in [3.8, 4) is 5.75 Å². The summed E-state index contributed by atoms with van der Waals surface area (Å²) in [7, 11) is 0. The van der Waals surface area contributed by atoms with Gasteiger partial charge in [0, 0.05) is 24.6 Å². The molecule has 2 N–H and O–H groups in total. The molecular formula is C22H29N5O4S. The first-order valence-electron chi connectivity index (χ1n) is 10.8. The molecule has 0 aliphatic carbocycles. The molecule has 3 amide bonds. The van der Waals surface area contributed by atoms with Gasteiger partial charge in [0.25, 0.3) is 5.91 Å². The smallest absolute Gasteiger partial charge is 0.251 e. The lowest BCUT2D eigenvalue weighted by Crippen LogP contribution is -2.53. The summed E-state index contributed by atoms with van der Waals surface area (Å²) in [5.41, 5.74) is 2.03. The zero-order valence-corrected chi connectivity index (χ0v) is 19.4. The third-order valence-electron chi connectivity index (χ3n) is 5.41. The third-order valence-corrected chi connectivity index (χ3v) is 6.02. The third kappa shape index (κ3) is 6.03. The first-order valence-corrected chi connectivity index (χ1v) is 11.7. The molecule has 2 aromatic rings. The van der Waals surface area contributed by atoms with Crippen molar-refractivity contribution in [2.75, 3.05) is 25.0 Å². The second kappa shape index (κ2) is 11.0. The van der Waals surface area contributed by atoms with Crippen molar-refractivity contribution in [1.29, 1.82) is 0 Å². The summed E-state index contributed by atoms with van der Waals surface area (Å²) >= 11 is 1.27. The highest BCUT2D eigenvalue weighted by atomic mass is 32.1. The first-order chi connectivity index (χ1) is 15.4. The fourth-order valence-corrected chi connectivity index (χ4v) is 4.05. The lowest BCUT2D eigenvalue weighted by atomic mass is 9.94. The zero-order chi connectivity index (χ0) is 23.1. The SMILES string of the molecule is CCOc1ccc(C(=O)NC(C(=O)N2CCC(C(=O)Nc3nncs3)CC2)C(C)C)cc1. The average Bonchev–Trinajstić information content (AvgIpc) is 3.30. The van der Waals surface area contributed by atoms with E-state index in [1.807, 2.05) is 20.8 Å². The number of hydrogen-bond acceptors (Lipinski definition) is 7. The number of carbonyl (C=O) groups excluding carboxylic acids is 3. The lowest BCUT2D eigenvalue weighted by molar-refractivity contribution is -0.137. The van der Waals surface area contributed by atoms with Crippen molar-refractivity contribution < 1.29 is 19.1 Å². The number of carbonyl (C=O) groups is 3. The predicted molar refractivity (Wildman–Crippen MR) is 122 cm³/mol. The summed E-state index contributed by atoms with van der Waals surface area (Å²) in [6.07, 6.45) is 1.13. The van der Waals surface area contributed by atoms with E-state index < -0.39 is 6.04 Å². The van der Waals surface area contributed by atoms with E-state index in [2.05, 4.69) is 20.8 Å². The van der Waals surface area contributed by atoms with Crippen LogP contribution in [0.1, 0.15) is 44.0 Å². The molecule has 1 aromatic heterocycles. The van der Waals surface area contributed by atoms with Crippen LogP contribution in [0.2, 0.25) is 0 Å². The van der Waals surface area contributed by atoms with Crippen molar-refractivity contribution in [3.63, 3.8) is 0 Å². The molecule has 0 spiro atoms. The highest BCUT2D eigenvalue weighted by molar-refractivity contribution is 7.13. The van der Waals surface area contributed by atoms with Crippen LogP contribution < -0.4 is 15.4 Å². The predicted octanol–water partition coefficient (Wildman–Crippen LogP) is 2.57. The quantitative estimate of drug-likeness (QED) is 0.627. The number of aromatic nitrogens is 2. The highest BCUT2D eigenvalue weighted by Gasteiger charge is 2.33. The molecule has 172 valence electrons. The van der Waals surface area contributed by atoms with E-state index in [0.717, 1.165) is 0 Å². The first kappa shape index (κ1) is 23.6. The van der Waals surface area contributed by atoms with Gasteiger partial charge in [0.2, 0.25) is 16.9 Å². The Morgan fingerprint density at radius 1 is 1.19 bits per heavy atom. The van der Waals surface area contributed by atoms with E-state index in [9.17, 15) is 14.4 Å². The molecule has 0 saturated carbocycles. The molecule has 1 aromatic carbocycles. The highest BCUT2D eigenvalue weighted by Crippen LogP contribution is 2.22. The van der Waals surface area contributed by atoms with Gasteiger partial charge in [0.15, 0.2) is 0 Å². The Morgan fingerprint density at radius 2 is 1.88 bits per heavy atom. The molecule has 9 nitrogen and oxygen atoms in total. The minimum atomic E-state index is -0.638. The number of rotatable bonds is 8. The summed E-state index contributed by atoms with van der Waals surface area (Å²) in [6.45, 7) is 7.19. The summed E-state index contributed by atoms with van der Waals surface area (Å²) in [6, 6.07) is 6.21. The second-order valence-electron chi connectivity index (χ2n) is 7.99. The number of likely N-dealkylation sites (tertiary alicyclic amines) is 1. The summed E-state index contributed by atoms with van der Waals surface area (Å²) in [5, 5.41) is 13.7. The summed E-state index contributed by atoms with van der Waals surface area (Å²) in [5.74, 6) is -0.0863. The van der Waals surface area contributed by atoms with E-state index in [4.69, 9.17) is 4.74 Å². The molecular weight excluding hydrogens is 430 g/mol. The number of piperidine rings is 1. The molecule has 3 rings (SSSR count). The Balaban J connectivity index is 1.55. The van der Waals surface area contributed by atoms with Gasteiger partial charge in [-0.25, -0.2) is 0 Å². The van der Waals surface area contributed by atoms with Crippen LogP contribution in [0.15, 0.2) is 29.8 Å². The van der Waals surface area contributed by atoms with Crippen molar-refractivity contribution in [2.24, 2.45) is 11.8 Å². The molecule has 1 aliphatic rings. The van der Waals surface area contributed by atoms with Crippen LogP contribution in [0.3, 0.4) is 0 Å². The lowest BCUT2D eigenvalue weighted by Gasteiger charge is -2.34. The van der Waals surface area contributed by atoms with Crippen LogP contribution >= 0.6 is 11.3 Å². The van der Waals surface area contributed by atoms with Gasteiger partial charge < -0.3 is 20.3 Å². The van der Waals surface area contributed by atoms with Gasteiger partial charge in [-0.3, -0.25) is 14.4 Å². The van der Waals surface area contributed by atoms with E-state index >= 15 is 0 Å². The number of benzene rings is 1. The van der Waals surface area contributed by atoms with Crippen molar-refractivity contribution in [2.45, 2.75) is 39.7 Å². The van der Waals surface area contributed by atoms with Gasteiger partial charge >= 0.3 is 0 Å². The number of nitrogens with zero attached hydrogens (tertiary/aromatic N) is 3. The maximum atomic E-state index is 13.2. The van der Waals surface area contributed by atoms with Crippen LogP contribution in [-0.4, -0.2) is 58.6 Å². The van der Waals surface area contributed by atoms with Crippen molar-refractivity contribution >= 4 is 34.2 Å². The summed E-state index contributed by atoms with van der Waals surface area (Å²) < 4.78 is 5.41. The Hall–Kier alpha value is -3.01. The number of amides is 3. The van der Waals surface area contributed by atoms with E-state index in [1.165, 1.54) is 11.3 Å². The van der Waals surface area contributed by atoms with Crippen LogP contribution in [0.4, 0.5) is 5.13 Å². The van der Waals surface area contributed by atoms with Crippen molar-refractivity contribution in [1.82, 2.24) is 20.4 Å². The second-order valence-corrected chi connectivity index (χ2v) is 8.82. The number of hydrogen-bond donors (Lipinski definition) is 2. The topological polar surface area (TPSA) is 114 Å². The monoisotopic (exact) mass is 459 g/mol. The molecule has 1 atom stereocenters. The number of ether oxygens (including phenoxy) is 1. The number of nitrogens with one attached hydrogen (secondary N) is 2. The van der Waals surface area contributed by atoms with Gasteiger partial charge in [-0.15, -0.1) is 10.2 Å². The molecule has 1 unspecified atom stereocenters. The maximum absolute atomic E-state index is 13.2. The van der Waals surface area contributed by atoms with Crippen LogP contribution in [0, 0.1) is 11.8 Å². The van der Waals surface area contributed by atoms with Gasteiger partial charge in [-0.2, -0.15) is 0 Å². The average molecular weight is 460 g/mol. The van der Waals surface area contributed by atoms with Crippen molar-refractivity contribution in [3.05, 3.63) is 35.3 Å². The fourth-order valence-electron chi connectivity index (χ4n) is 3.60. The fraction of sp³-hybridized carbons (Fsp3) is 0.500. The molecule has 1 aliphatic heterocycles. The maximum Gasteiger partial charge on any atom is 0.251 e. The Kier molecular flexibility index (Phi) is 8.15. The molecule has 0 bridgehead atoms. The molecule has 32 heavy (non-hydrogen) atoms. The van der Waals surface area contributed by atoms with E-state index in [-0.39, 0.29) is 29.6 Å². The largest absolute Gasteiger partial charge is 0.494 e. The molecule has 10 heteroatoms. The molecule has 2 heterocycles. The van der Waals surface area contributed by atoms with Gasteiger partial charge in [0.05, 0.1) is 6.61 Å². The summed E-state index contributed by atoms with van der Waals surface area (Å²) in [4.78, 5) is 40.0. The normalized spacial score (nSPS) is 15.3. The van der Waals surface area contributed by atoms with Gasteiger partial charge in [-0.1, -0.05) is 25.2 Å². The molecule has 1 saturated heterocycles.